The molecule has 1 heterocycles. The Kier molecular flexibility index (Phi) is 10.5. The van der Waals surface area contributed by atoms with Gasteiger partial charge in [0, 0.05) is 25.7 Å². The Balaban J connectivity index is 1.77. The zero-order chi connectivity index (χ0) is 27.7. The number of carbonyl (C=O) groups excluding carboxylic acids is 3. The first-order valence-electron chi connectivity index (χ1n) is 13.7. The van der Waals surface area contributed by atoms with E-state index >= 15 is 0 Å². The van der Waals surface area contributed by atoms with Crippen LogP contribution in [0.4, 0.5) is 0 Å². The van der Waals surface area contributed by atoms with Gasteiger partial charge in [-0.15, -0.1) is 0 Å². The highest BCUT2D eigenvalue weighted by atomic mass is 16.2. The summed E-state index contributed by atoms with van der Waals surface area (Å²) in [6.45, 7) is 9.41. The van der Waals surface area contributed by atoms with Crippen LogP contribution >= 0.6 is 0 Å². The highest BCUT2D eigenvalue weighted by Crippen LogP contribution is 2.26. The molecule has 3 atom stereocenters. The topological polar surface area (TPSA) is 81.8 Å². The lowest BCUT2D eigenvalue weighted by molar-refractivity contribution is -0.142. The van der Waals surface area contributed by atoms with E-state index in [2.05, 4.69) is 22.8 Å². The maximum absolute atomic E-state index is 13.9. The van der Waals surface area contributed by atoms with Crippen molar-refractivity contribution in [2.24, 2.45) is 5.41 Å². The third-order valence-electron chi connectivity index (χ3n) is 7.38. The molecule has 0 saturated carbocycles. The van der Waals surface area contributed by atoms with Gasteiger partial charge in [-0.05, 0) is 49.8 Å². The molecule has 1 saturated heterocycles. The molecule has 0 unspecified atom stereocenters. The average Bonchev–Trinajstić information content (AvgIpc) is 3.37. The van der Waals surface area contributed by atoms with Gasteiger partial charge in [-0.1, -0.05) is 81.4 Å². The van der Waals surface area contributed by atoms with E-state index in [0.717, 1.165) is 24.8 Å². The standard InChI is InChI=1S/C31H44N4O3/c1-23(32-5)29(37)33-28(31(2,3)4)30(38)35-19-12-17-26(35)22-34(20-18-24-13-8-6-9-14-24)27(36)21-25-15-10-7-11-16-25/h6-11,13-16,23,26,28,32H,12,17-22H2,1-5H3,(H,33,37)/t23-,26-,28+/m0/s1. The molecule has 0 bridgehead atoms. The van der Waals surface area contributed by atoms with E-state index in [-0.39, 0.29) is 23.8 Å². The summed E-state index contributed by atoms with van der Waals surface area (Å²) in [7, 11) is 1.73. The molecule has 3 rings (SSSR count). The minimum Gasteiger partial charge on any atom is -0.342 e. The van der Waals surface area contributed by atoms with E-state index in [1.807, 2.05) is 79.1 Å². The molecule has 0 aliphatic carbocycles. The van der Waals surface area contributed by atoms with Gasteiger partial charge in [-0.3, -0.25) is 14.4 Å². The van der Waals surface area contributed by atoms with Gasteiger partial charge in [0.25, 0.3) is 0 Å². The Morgan fingerprint density at radius 3 is 2.18 bits per heavy atom. The van der Waals surface area contributed by atoms with Crippen molar-refractivity contribution in [2.45, 2.75) is 71.5 Å². The molecule has 38 heavy (non-hydrogen) atoms. The van der Waals surface area contributed by atoms with Crippen LogP contribution in [0.15, 0.2) is 60.7 Å². The predicted molar refractivity (Wildman–Crippen MR) is 152 cm³/mol. The van der Waals surface area contributed by atoms with Gasteiger partial charge in [-0.25, -0.2) is 0 Å². The van der Waals surface area contributed by atoms with Crippen molar-refractivity contribution >= 4 is 17.7 Å². The minimum absolute atomic E-state index is 0.0648. The van der Waals surface area contributed by atoms with Crippen LogP contribution in [0.1, 0.15) is 51.7 Å². The number of likely N-dealkylation sites (N-methyl/N-ethyl adjacent to an activating group) is 1. The molecule has 2 N–H and O–H groups in total. The Morgan fingerprint density at radius 1 is 1.00 bits per heavy atom. The first kappa shape index (κ1) is 29.4. The van der Waals surface area contributed by atoms with Gasteiger partial charge in [0.15, 0.2) is 0 Å². The number of hydrogen-bond donors (Lipinski definition) is 2. The number of likely N-dealkylation sites (tertiary alicyclic amines) is 1. The molecule has 0 aromatic heterocycles. The molecule has 7 heteroatoms. The summed E-state index contributed by atoms with van der Waals surface area (Å²) in [6, 6.07) is 18.8. The molecular formula is C31H44N4O3. The number of hydrogen-bond acceptors (Lipinski definition) is 4. The van der Waals surface area contributed by atoms with Crippen LogP contribution in [-0.4, -0.2) is 72.3 Å². The summed E-state index contributed by atoms with van der Waals surface area (Å²) in [5.74, 6) is -0.204. The van der Waals surface area contributed by atoms with Crippen molar-refractivity contribution in [3.05, 3.63) is 71.8 Å². The minimum atomic E-state index is -0.649. The van der Waals surface area contributed by atoms with E-state index in [4.69, 9.17) is 0 Å². The molecule has 1 fully saturated rings. The Labute approximate surface area is 228 Å². The van der Waals surface area contributed by atoms with Crippen LogP contribution in [0.2, 0.25) is 0 Å². The lowest BCUT2D eigenvalue weighted by Crippen LogP contribution is -2.59. The van der Waals surface area contributed by atoms with Gasteiger partial charge in [0.2, 0.25) is 17.7 Å². The second-order valence-corrected chi connectivity index (χ2v) is 11.4. The van der Waals surface area contributed by atoms with Crippen LogP contribution in [0.3, 0.4) is 0 Å². The number of benzene rings is 2. The number of nitrogens with zero attached hydrogens (tertiary/aromatic N) is 2. The van der Waals surface area contributed by atoms with Gasteiger partial charge in [0.05, 0.1) is 12.5 Å². The highest BCUT2D eigenvalue weighted by Gasteiger charge is 2.40. The number of rotatable bonds is 11. The Hall–Kier alpha value is -3.19. The Morgan fingerprint density at radius 2 is 1.61 bits per heavy atom. The largest absolute Gasteiger partial charge is 0.342 e. The predicted octanol–water partition coefficient (Wildman–Crippen LogP) is 3.43. The molecule has 0 radical (unpaired) electrons. The molecule has 2 aromatic carbocycles. The second-order valence-electron chi connectivity index (χ2n) is 11.4. The van der Waals surface area contributed by atoms with Crippen molar-refractivity contribution in [1.29, 1.82) is 0 Å². The van der Waals surface area contributed by atoms with Gasteiger partial charge in [0.1, 0.15) is 6.04 Å². The average molecular weight is 521 g/mol. The number of carbonyl (C=O) groups is 3. The molecule has 1 aliphatic rings. The van der Waals surface area contributed by atoms with Gasteiger partial charge < -0.3 is 20.4 Å². The first-order valence-corrected chi connectivity index (χ1v) is 13.7. The summed E-state index contributed by atoms with van der Waals surface area (Å²) >= 11 is 0. The fraction of sp³-hybridized carbons (Fsp3) is 0.516. The van der Waals surface area contributed by atoms with Gasteiger partial charge >= 0.3 is 0 Å². The van der Waals surface area contributed by atoms with Crippen molar-refractivity contribution in [3.8, 4) is 0 Å². The van der Waals surface area contributed by atoms with Crippen LogP contribution in [0.25, 0.3) is 0 Å². The SMILES string of the molecule is CN[C@@H](C)C(=O)N[C@H](C(=O)N1CCC[C@H]1CN(CCc1ccccc1)C(=O)Cc1ccccc1)C(C)(C)C. The molecular weight excluding hydrogens is 476 g/mol. The van der Waals surface area contributed by atoms with E-state index in [9.17, 15) is 14.4 Å². The molecule has 3 amide bonds. The maximum atomic E-state index is 13.9. The third kappa shape index (κ3) is 8.15. The van der Waals surface area contributed by atoms with Crippen molar-refractivity contribution in [2.75, 3.05) is 26.7 Å². The first-order chi connectivity index (χ1) is 18.1. The fourth-order valence-electron chi connectivity index (χ4n) is 4.89. The summed E-state index contributed by atoms with van der Waals surface area (Å²) in [6.07, 6.45) is 2.81. The van der Waals surface area contributed by atoms with Crippen molar-refractivity contribution in [3.63, 3.8) is 0 Å². The lowest BCUT2D eigenvalue weighted by Gasteiger charge is -2.37. The van der Waals surface area contributed by atoms with Crippen molar-refractivity contribution in [1.82, 2.24) is 20.4 Å². The number of nitrogens with one attached hydrogen (secondary N) is 2. The van der Waals surface area contributed by atoms with Gasteiger partial charge in [-0.2, -0.15) is 0 Å². The fourth-order valence-corrected chi connectivity index (χ4v) is 4.89. The lowest BCUT2D eigenvalue weighted by atomic mass is 9.85. The summed E-state index contributed by atoms with van der Waals surface area (Å²) < 4.78 is 0. The Bertz CT molecular complexity index is 1050. The van der Waals surface area contributed by atoms with Crippen LogP contribution in [-0.2, 0) is 27.2 Å². The monoisotopic (exact) mass is 520 g/mol. The molecule has 1 aliphatic heterocycles. The van der Waals surface area contributed by atoms with E-state index in [1.165, 1.54) is 5.56 Å². The quantitative estimate of drug-likeness (QED) is 0.476. The normalized spacial score (nSPS) is 17.1. The van der Waals surface area contributed by atoms with E-state index in [1.54, 1.807) is 14.0 Å². The van der Waals surface area contributed by atoms with Crippen molar-refractivity contribution < 1.29 is 14.4 Å². The number of amides is 3. The van der Waals surface area contributed by atoms with Crippen LogP contribution in [0, 0.1) is 5.41 Å². The smallest absolute Gasteiger partial charge is 0.246 e. The zero-order valence-electron chi connectivity index (χ0n) is 23.6. The molecule has 2 aromatic rings. The van der Waals surface area contributed by atoms with E-state index in [0.29, 0.717) is 26.1 Å². The highest BCUT2D eigenvalue weighted by molar-refractivity contribution is 5.90. The van der Waals surface area contributed by atoms with Crippen LogP contribution in [0.5, 0.6) is 0 Å². The summed E-state index contributed by atoms with van der Waals surface area (Å²) in [5.41, 5.74) is 1.71. The molecule has 0 spiro atoms. The summed E-state index contributed by atoms with van der Waals surface area (Å²) in [4.78, 5) is 43.9. The van der Waals surface area contributed by atoms with Crippen LogP contribution < -0.4 is 10.6 Å². The molecule has 206 valence electrons. The maximum Gasteiger partial charge on any atom is 0.246 e. The van der Waals surface area contributed by atoms with E-state index < -0.39 is 17.5 Å². The zero-order valence-corrected chi connectivity index (χ0v) is 23.6. The summed E-state index contributed by atoms with van der Waals surface area (Å²) in [5, 5.41) is 5.93. The third-order valence-corrected chi connectivity index (χ3v) is 7.38. The second kappa shape index (κ2) is 13.6. The molecule has 7 nitrogen and oxygen atoms in total.